The molecule has 28 heavy (non-hydrogen) atoms. The van der Waals surface area contributed by atoms with Crippen LogP contribution in [0, 0.1) is 6.92 Å². The lowest BCUT2D eigenvalue weighted by molar-refractivity contribution is -0.0979. The molecule has 0 atom stereocenters. The van der Waals surface area contributed by atoms with Crippen molar-refractivity contribution < 1.29 is 9.21 Å². The van der Waals surface area contributed by atoms with Crippen LogP contribution in [0.15, 0.2) is 59.0 Å². The average molecular weight is 403 g/mol. The Morgan fingerprint density at radius 2 is 1.50 bits per heavy atom. The number of carbonyl (C=O) groups excluding carboxylic acids is 1. The van der Waals surface area contributed by atoms with E-state index in [1.807, 2.05) is 77.8 Å². The molecule has 0 unspecified atom stereocenters. The average Bonchev–Trinajstić information content (AvgIpc) is 3.13. The maximum absolute atomic E-state index is 8.00. The van der Waals surface area contributed by atoms with Crippen molar-refractivity contribution in [2.75, 3.05) is 0 Å². The lowest BCUT2D eigenvalue weighted by atomic mass is 10.1. The van der Waals surface area contributed by atoms with Crippen molar-refractivity contribution in [1.29, 1.82) is 0 Å². The molecule has 156 valence electrons. The molecule has 0 N–H and O–H groups in total. The molecule has 0 amide bonds. The molecule has 0 bridgehead atoms. The fourth-order valence-electron chi connectivity index (χ4n) is 1.71. The first-order valence-corrected chi connectivity index (χ1v) is 9.99. The van der Waals surface area contributed by atoms with Gasteiger partial charge in [-0.2, -0.15) is 0 Å². The van der Waals surface area contributed by atoms with E-state index in [0.717, 1.165) is 27.5 Å². The van der Waals surface area contributed by atoms with Crippen LogP contribution in [0.5, 0.6) is 0 Å². The van der Waals surface area contributed by atoms with Crippen LogP contribution in [0.1, 0.15) is 66.2 Å². The molecule has 0 fully saturated rings. The summed E-state index contributed by atoms with van der Waals surface area (Å²) in [6.07, 6.45) is 5.05. The van der Waals surface area contributed by atoms with Crippen LogP contribution < -0.4 is 0 Å². The van der Waals surface area contributed by atoms with Gasteiger partial charge < -0.3 is 9.21 Å². The van der Waals surface area contributed by atoms with E-state index in [-0.39, 0.29) is 0 Å². The van der Waals surface area contributed by atoms with Crippen LogP contribution in [0.25, 0.3) is 17.4 Å². The van der Waals surface area contributed by atoms with Crippen molar-refractivity contribution in [2.45, 2.75) is 61.8 Å². The smallest absolute Gasteiger partial charge is 0.135 e. The molecule has 0 saturated carbocycles. The third-order valence-corrected chi connectivity index (χ3v) is 2.73. The maximum Gasteiger partial charge on any atom is 0.135 e. The Labute approximate surface area is 178 Å². The number of benzene rings is 1. The maximum atomic E-state index is 8.00. The molecule has 1 heterocycles. The molecule has 0 aliphatic heterocycles. The Kier molecular flexibility index (Phi) is 22.9. The highest BCUT2D eigenvalue weighted by atomic mass is 32.1. The van der Waals surface area contributed by atoms with Crippen molar-refractivity contribution in [3.63, 3.8) is 0 Å². The summed E-state index contributed by atoms with van der Waals surface area (Å²) in [6, 6.07) is 12.2. The quantitative estimate of drug-likeness (QED) is 0.381. The Balaban J connectivity index is -0.000000480. The van der Waals surface area contributed by atoms with Gasteiger partial charge in [-0.15, -0.1) is 0 Å². The van der Waals surface area contributed by atoms with Crippen LogP contribution >= 0.6 is 12.2 Å². The van der Waals surface area contributed by atoms with E-state index in [1.165, 1.54) is 12.0 Å². The van der Waals surface area contributed by atoms with E-state index in [1.54, 1.807) is 0 Å². The summed E-state index contributed by atoms with van der Waals surface area (Å²) in [7, 11) is 0. The molecule has 0 saturated heterocycles. The molecule has 1 aromatic carbocycles. The van der Waals surface area contributed by atoms with Crippen LogP contribution in [-0.2, 0) is 4.79 Å². The van der Waals surface area contributed by atoms with E-state index >= 15 is 0 Å². The van der Waals surface area contributed by atoms with Gasteiger partial charge in [0.15, 0.2) is 0 Å². The highest BCUT2D eigenvalue weighted by molar-refractivity contribution is 7.80. The predicted molar refractivity (Wildman–Crippen MR) is 131 cm³/mol. The molecular formula is C25H38O2S. The number of rotatable bonds is 3. The fourth-order valence-corrected chi connectivity index (χ4v) is 1.71. The minimum absolute atomic E-state index is 0.862. The Morgan fingerprint density at radius 1 is 1.04 bits per heavy atom. The zero-order chi connectivity index (χ0) is 22.5. The van der Waals surface area contributed by atoms with Gasteiger partial charge in [0.2, 0.25) is 0 Å². The number of carbonyl (C=O) groups is 1. The standard InChI is InChI=1S/C16H16O.C3H6S.C3H8.C2H6.CH2O/c1-4-12(2)11-14-9-10-16(17-14)15-8-6-5-7-13(15)3;1-3(2)4;1-3-2;2*1-2/h4-11H,1H2,2-3H3;1-2H3;3H2,1-2H3;1-2H3;1H2/b12-11+;;;;. The second kappa shape index (κ2) is 21.0. The SMILES string of the molecule is C=C/C(C)=C/c1ccc(-c2ccccc2C)o1.C=O.CC.CC(C)=S.CCC. The van der Waals surface area contributed by atoms with E-state index < -0.39 is 0 Å². The molecule has 2 aromatic rings. The Bertz CT molecular complexity index is 677. The van der Waals surface area contributed by atoms with Crippen molar-refractivity contribution >= 4 is 29.9 Å². The van der Waals surface area contributed by atoms with Crippen LogP contribution in [0.4, 0.5) is 0 Å². The van der Waals surface area contributed by atoms with Crippen molar-refractivity contribution in [3.8, 4) is 11.3 Å². The topological polar surface area (TPSA) is 30.2 Å². The van der Waals surface area contributed by atoms with Crippen LogP contribution in [-0.4, -0.2) is 11.7 Å². The molecule has 1 aromatic heterocycles. The third-order valence-electron chi connectivity index (χ3n) is 2.73. The number of allylic oxidation sites excluding steroid dienone is 2. The van der Waals surface area contributed by atoms with Crippen molar-refractivity contribution in [2.24, 2.45) is 0 Å². The Morgan fingerprint density at radius 3 is 1.93 bits per heavy atom. The monoisotopic (exact) mass is 402 g/mol. The number of thiocarbonyl (C=S) groups is 1. The van der Waals surface area contributed by atoms with Gasteiger partial charge in [-0.1, -0.05) is 83.3 Å². The van der Waals surface area contributed by atoms with Crippen molar-refractivity contribution in [3.05, 3.63) is 65.9 Å². The molecule has 0 radical (unpaired) electrons. The number of hydrogen-bond acceptors (Lipinski definition) is 3. The summed E-state index contributed by atoms with van der Waals surface area (Å²) in [5.41, 5.74) is 3.46. The summed E-state index contributed by atoms with van der Waals surface area (Å²) in [4.78, 5) is 9.00. The van der Waals surface area contributed by atoms with Gasteiger partial charge >= 0.3 is 0 Å². The molecular weight excluding hydrogens is 364 g/mol. The van der Waals surface area contributed by atoms with Gasteiger partial charge in [-0.05, 0) is 61.9 Å². The van der Waals surface area contributed by atoms with Gasteiger partial charge in [0.25, 0.3) is 0 Å². The van der Waals surface area contributed by atoms with E-state index in [9.17, 15) is 0 Å². The third kappa shape index (κ3) is 16.0. The largest absolute Gasteiger partial charge is 0.457 e. The summed E-state index contributed by atoms with van der Waals surface area (Å²) in [5.74, 6) is 1.77. The van der Waals surface area contributed by atoms with E-state index in [0.29, 0.717) is 0 Å². The molecule has 3 heteroatoms. The molecule has 0 aliphatic carbocycles. The second-order valence-corrected chi connectivity index (χ2v) is 6.54. The summed E-state index contributed by atoms with van der Waals surface area (Å²) < 4.78 is 5.80. The first-order chi connectivity index (χ1) is 13.3. The Hall–Kier alpha value is -2.26. The number of furan rings is 1. The van der Waals surface area contributed by atoms with Gasteiger partial charge in [-0.25, -0.2) is 0 Å². The zero-order valence-corrected chi connectivity index (χ0v) is 19.8. The normalized spacial score (nSPS) is 8.93. The van der Waals surface area contributed by atoms with E-state index in [4.69, 9.17) is 9.21 Å². The van der Waals surface area contributed by atoms with Crippen LogP contribution in [0.2, 0.25) is 0 Å². The van der Waals surface area contributed by atoms with Gasteiger partial charge in [0, 0.05) is 5.56 Å². The van der Waals surface area contributed by atoms with Gasteiger partial charge in [-0.3, -0.25) is 0 Å². The molecule has 0 aliphatic rings. The molecule has 0 spiro atoms. The predicted octanol–water partition coefficient (Wildman–Crippen LogP) is 8.50. The highest BCUT2D eigenvalue weighted by Crippen LogP contribution is 2.26. The van der Waals surface area contributed by atoms with Crippen LogP contribution in [0.3, 0.4) is 0 Å². The minimum Gasteiger partial charge on any atom is -0.457 e. The number of hydrogen-bond donors (Lipinski definition) is 0. The first-order valence-electron chi connectivity index (χ1n) is 9.58. The van der Waals surface area contributed by atoms with Gasteiger partial charge in [0.05, 0.1) is 0 Å². The van der Waals surface area contributed by atoms with E-state index in [2.05, 4.69) is 51.7 Å². The van der Waals surface area contributed by atoms with Crippen molar-refractivity contribution in [1.82, 2.24) is 0 Å². The summed E-state index contributed by atoms with van der Waals surface area (Å²) in [6.45, 7) is 21.9. The van der Waals surface area contributed by atoms with Gasteiger partial charge in [0.1, 0.15) is 18.3 Å². The lowest BCUT2D eigenvalue weighted by Gasteiger charge is -2.00. The summed E-state index contributed by atoms with van der Waals surface area (Å²) >= 11 is 4.54. The second-order valence-electron chi connectivity index (χ2n) is 5.72. The fraction of sp³-hybridized carbons (Fsp3) is 0.360. The zero-order valence-electron chi connectivity index (χ0n) is 19.0. The lowest BCUT2D eigenvalue weighted by Crippen LogP contribution is -1.78. The molecule has 2 rings (SSSR count). The highest BCUT2D eigenvalue weighted by Gasteiger charge is 2.05. The minimum atomic E-state index is 0.862. The molecule has 2 nitrogen and oxygen atoms in total. The number of aryl methyl sites for hydroxylation is 1. The summed E-state index contributed by atoms with van der Waals surface area (Å²) in [5, 5.41) is 0. The first kappa shape index (κ1) is 30.5.